The van der Waals surface area contributed by atoms with Crippen molar-refractivity contribution in [3.05, 3.63) is 126 Å². The Labute approximate surface area is 195 Å². The van der Waals surface area contributed by atoms with Crippen molar-refractivity contribution >= 4 is 37.7 Å². The quantitative estimate of drug-likeness (QED) is 0.241. The molecule has 1 nitrogen and oxygen atoms in total. The van der Waals surface area contributed by atoms with E-state index in [-0.39, 0.29) is 0 Å². The molecule has 0 atom stereocenters. The molecule has 0 amide bonds. The number of benzene rings is 5. The molecule has 0 radical (unpaired) electrons. The average Bonchev–Trinajstić information content (AvgIpc) is 3.20. The lowest BCUT2D eigenvalue weighted by Gasteiger charge is -2.13. The molecule has 6 aromatic rings. The van der Waals surface area contributed by atoms with Gasteiger partial charge in [-0.05, 0) is 50.8 Å². The summed E-state index contributed by atoms with van der Waals surface area (Å²) < 4.78 is 3.46. The third-order valence-corrected chi connectivity index (χ3v) is 6.76. The minimum atomic E-state index is 1.08. The van der Waals surface area contributed by atoms with E-state index in [2.05, 4.69) is 142 Å². The van der Waals surface area contributed by atoms with Gasteiger partial charge in [0.15, 0.2) is 0 Å². The van der Waals surface area contributed by atoms with E-state index in [1.54, 1.807) is 0 Å². The maximum absolute atomic E-state index is 3.78. The predicted octanol–water partition coefficient (Wildman–Crippen LogP) is 8.88. The Balaban J connectivity index is 1.63. The standard InChI is InChI=1S/C30H20BrN/c31-27-14-5-7-16-29(27)32-28-15-6-4-11-25(28)26-13-8-12-24(30(26)32)23-19-17-22(18-20-23)21-9-2-1-3-10-21/h1-20H. The van der Waals surface area contributed by atoms with Gasteiger partial charge in [0.25, 0.3) is 0 Å². The fourth-order valence-electron chi connectivity index (χ4n) is 4.61. The fraction of sp³-hybridized carbons (Fsp3) is 0. The van der Waals surface area contributed by atoms with Crippen molar-refractivity contribution in [3.8, 4) is 27.9 Å². The van der Waals surface area contributed by atoms with E-state index in [1.807, 2.05) is 0 Å². The molecule has 0 aliphatic rings. The van der Waals surface area contributed by atoms with Gasteiger partial charge in [0.05, 0.1) is 16.7 Å². The van der Waals surface area contributed by atoms with E-state index in [0.29, 0.717) is 0 Å². The molecule has 152 valence electrons. The largest absolute Gasteiger partial charge is 0.307 e. The van der Waals surface area contributed by atoms with Crippen molar-refractivity contribution in [2.24, 2.45) is 0 Å². The van der Waals surface area contributed by atoms with E-state index < -0.39 is 0 Å². The second-order valence-electron chi connectivity index (χ2n) is 7.95. The molecular weight excluding hydrogens is 454 g/mol. The minimum Gasteiger partial charge on any atom is -0.307 e. The Bertz CT molecular complexity index is 1560. The van der Waals surface area contributed by atoms with Crippen LogP contribution in [0.4, 0.5) is 0 Å². The molecule has 0 fully saturated rings. The van der Waals surface area contributed by atoms with Gasteiger partial charge < -0.3 is 4.57 Å². The molecule has 5 aromatic carbocycles. The first-order valence-electron chi connectivity index (χ1n) is 10.7. The second kappa shape index (κ2) is 7.81. The van der Waals surface area contributed by atoms with Gasteiger partial charge in [0.1, 0.15) is 0 Å². The number of hydrogen-bond acceptors (Lipinski definition) is 0. The summed E-state index contributed by atoms with van der Waals surface area (Å²) >= 11 is 3.78. The van der Waals surface area contributed by atoms with Gasteiger partial charge in [-0.25, -0.2) is 0 Å². The Hall–Kier alpha value is -3.62. The summed E-state index contributed by atoms with van der Waals surface area (Å²) in [6, 6.07) is 43.1. The fourth-order valence-corrected chi connectivity index (χ4v) is 5.07. The molecule has 0 N–H and O–H groups in total. The van der Waals surface area contributed by atoms with E-state index in [4.69, 9.17) is 0 Å². The van der Waals surface area contributed by atoms with Crippen LogP contribution in [0, 0.1) is 0 Å². The lowest BCUT2D eigenvalue weighted by atomic mass is 9.98. The molecule has 2 heteroatoms. The van der Waals surface area contributed by atoms with Gasteiger partial charge in [-0.2, -0.15) is 0 Å². The first-order chi connectivity index (χ1) is 15.8. The zero-order chi connectivity index (χ0) is 21.5. The van der Waals surface area contributed by atoms with Crippen molar-refractivity contribution in [2.75, 3.05) is 0 Å². The van der Waals surface area contributed by atoms with Crippen molar-refractivity contribution in [1.29, 1.82) is 0 Å². The van der Waals surface area contributed by atoms with Gasteiger partial charge in [-0.1, -0.05) is 103 Å². The molecule has 0 bridgehead atoms. The summed E-state index contributed by atoms with van der Waals surface area (Å²) in [7, 11) is 0. The highest BCUT2D eigenvalue weighted by atomic mass is 79.9. The average molecular weight is 474 g/mol. The van der Waals surface area contributed by atoms with Crippen LogP contribution in [0.3, 0.4) is 0 Å². The van der Waals surface area contributed by atoms with Crippen LogP contribution < -0.4 is 0 Å². The molecule has 1 aromatic heterocycles. The van der Waals surface area contributed by atoms with Crippen LogP contribution in [-0.4, -0.2) is 4.57 Å². The number of rotatable bonds is 3. The second-order valence-corrected chi connectivity index (χ2v) is 8.80. The highest BCUT2D eigenvalue weighted by Gasteiger charge is 2.17. The van der Waals surface area contributed by atoms with Crippen LogP contribution in [0.15, 0.2) is 126 Å². The number of nitrogens with zero attached hydrogens (tertiary/aromatic N) is 1. The van der Waals surface area contributed by atoms with Crippen molar-refractivity contribution in [3.63, 3.8) is 0 Å². The zero-order valence-corrected chi connectivity index (χ0v) is 19.0. The van der Waals surface area contributed by atoms with E-state index in [1.165, 1.54) is 44.1 Å². The SMILES string of the molecule is Brc1ccccc1-n1c2ccccc2c2cccc(-c3ccc(-c4ccccc4)cc3)c21. The molecule has 0 aliphatic carbocycles. The molecule has 0 saturated carbocycles. The summed E-state index contributed by atoms with van der Waals surface area (Å²) in [5, 5.41) is 2.53. The molecule has 1 heterocycles. The Morgan fingerprint density at radius 2 is 1.09 bits per heavy atom. The molecule has 6 rings (SSSR count). The van der Waals surface area contributed by atoms with Gasteiger partial charge in [0.2, 0.25) is 0 Å². The summed E-state index contributed by atoms with van der Waals surface area (Å²) in [5.74, 6) is 0. The molecule has 32 heavy (non-hydrogen) atoms. The number of fused-ring (bicyclic) bond motifs is 3. The summed E-state index contributed by atoms with van der Waals surface area (Å²) in [5.41, 5.74) is 8.50. The summed E-state index contributed by atoms with van der Waals surface area (Å²) in [6.07, 6.45) is 0. The van der Waals surface area contributed by atoms with E-state index >= 15 is 0 Å². The zero-order valence-electron chi connectivity index (χ0n) is 17.4. The topological polar surface area (TPSA) is 4.93 Å². The Morgan fingerprint density at radius 3 is 1.91 bits per heavy atom. The molecule has 0 aliphatic heterocycles. The highest BCUT2D eigenvalue weighted by molar-refractivity contribution is 9.10. The van der Waals surface area contributed by atoms with Gasteiger partial charge in [-0.3, -0.25) is 0 Å². The van der Waals surface area contributed by atoms with Crippen LogP contribution >= 0.6 is 15.9 Å². The van der Waals surface area contributed by atoms with E-state index in [0.717, 1.165) is 10.2 Å². The lowest BCUT2D eigenvalue weighted by molar-refractivity contribution is 1.17. The summed E-state index contributed by atoms with van der Waals surface area (Å²) in [6.45, 7) is 0. The predicted molar refractivity (Wildman–Crippen MR) is 139 cm³/mol. The van der Waals surface area contributed by atoms with Crippen LogP contribution in [0.25, 0.3) is 49.7 Å². The highest BCUT2D eigenvalue weighted by Crippen LogP contribution is 2.39. The number of halogens is 1. The minimum absolute atomic E-state index is 1.08. The van der Waals surface area contributed by atoms with Crippen LogP contribution in [0.1, 0.15) is 0 Å². The number of hydrogen-bond donors (Lipinski definition) is 0. The van der Waals surface area contributed by atoms with Gasteiger partial charge in [0, 0.05) is 20.8 Å². The first-order valence-corrected chi connectivity index (χ1v) is 11.5. The number of aromatic nitrogens is 1. The van der Waals surface area contributed by atoms with Crippen LogP contribution in [0.2, 0.25) is 0 Å². The molecular formula is C30H20BrN. The lowest BCUT2D eigenvalue weighted by Crippen LogP contribution is -1.96. The van der Waals surface area contributed by atoms with E-state index in [9.17, 15) is 0 Å². The third-order valence-electron chi connectivity index (χ3n) is 6.09. The smallest absolute Gasteiger partial charge is 0.0619 e. The molecule has 0 spiro atoms. The van der Waals surface area contributed by atoms with Crippen molar-refractivity contribution in [1.82, 2.24) is 4.57 Å². The van der Waals surface area contributed by atoms with Crippen molar-refractivity contribution in [2.45, 2.75) is 0 Å². The monoisotopic (exact) mass is 473 g/mol. The van der Waals surface area contributed by atoms with Crippen molar-refractivity contribution < 1.29 is 0 Å². The van der Waals surface area contributed by atoms with Crippen LogP contribution in [-0.2, 0) is 0 Å². The first kappa shape index (κ1) is 19.1. The molecule has 0 unspecified atom stereocenters. The summed E-state index contributed by atoms with van der Waals surface area (Å²) in [4.78, 5) is 0. The maximum atomic E-state index is 3.78. The normalized spacial score (nSPS) is 11.3. The number of para-hydroxylation sites is 3. The van der Waals surface area contributed by atoms with Gasteiger partial charge >= 0.3 is 0 Å². The Kier molecular flexibility index (Phi) is 4.66. The molecule has 0 saturated heterocycles. The Morgan fingerprint density at radius 1 is 0.469 bits per heavy atom. The third kappa shape index (κ3) is 3.07. The van der Waals surface area contributed by atoms with Gasteiger partial charge in [-0.15, -0.1) is 0 Å². The maximum Gasteiger partial charge on any atom is 0.0619 e. The van der Waals surface area contributed by atoms with Crippen LogP contribution in [0.5, 0.6) is 0 Å².